The van der Waals surface area contributed by atoms with Crippen LogP contribution in [0.5, 0.6) is 0 Å². The number of likely N-dealkylation sites (tertiary alicyclic amines) is 2. The molecule has 2 bridgehead atoms. The number of ether oxygens (including phenoxy) is 1. The third kappa shape index (κ3) is 4.97. The molecular formula is C25H36ClN3O4S. The van der Waals surface area contributed by atoms with Crippen LogP contribution in [0.15, 0.2) is 29.2 Å². The van der Waals surface area contributed by atoms with Gasteiger partial charge in [-0.05, 0) is 88.7 Å². The molecule has 1 aromatic rings. The number of nitrogens with zero attached hydrogens (tertiary/aromatic N) is 3. The number of rotatable bonds is 4. The van der Waals surface area contributed by atoms with E-state index in [0.717, 1.165) is 44.9 Å². The normalized spacial score (nSPS) is 29.7. The van der Waals surface area contributed by atoms with Crippen LogP contribution in [0.4, 0.5) is 4.79 Å². The topological polar surface area (TPSA) is 70.2 Å². The number of carbonyl (C=O) groups is 1. The van der Waals surface area contributed by atoms with Crippen LogP contribution in [0.25, 0.3) is 0 Å². The van der Waals surface area contributed by atoms with Crippen molar-refractivity contribution in [2.24, 2.45) is 0 Å². The number of amides is 1. The minimum Gasteiger partial charge on any atom is -0.444 e. The molecule has 1 aromatic carbocycles. The van der Waals surface area contributed by atoms with E-state index in [4.69, 9.17) is 16.3 Å². The molecule has 4 aliphatic rings. The Hall–Kier alpha value is -1.35. The molecule has 0 spiro atoms. The van der Waals surface area contributed by atoms with Gasteiger partial charge >= 0.3 is 6.09 Å². The monoisotopic (exact) mass is 509 g/mol. The minimum absolute atomic E-state index is 0.0327. The van der Waals surface area contributed by atoms with Crippen molar-refractivity contribution >= 4 is 27.7 Å². The Balaban J connectivity index is 1.24. The molecule has 7 nitrogen and oxygen atoms in total. The van der Waals surface area contributed by atoms with Crippen LogP contribution in [0.2, 0.25) is 5.02 Å². The molecule has 4 aliphatic heterocycles. The maximum absolute atomic E-state index is 13.6. The Morgan fingerprint density at radius 3 is 2.24 bits per heavy atom. The van der Waals surface area contributed by atoms with Gasteiger partial charge in [0.1, 0.15) is 6.10 Å². The lowest BCUT2D eigenvalue weighted by Crippen LogP contribution is -2.59. The molecule has 4 saturated heterocycles. The molecule has 4 heterocycles. The number of carbonyl (C=O) groups excluding carboxylic acids is 1. The number of halogens is 1. The molecule has 34 heavy (non-hydrogen) atoms. The second-order valence-corrected chi connectivity index (χ2v) is 12.5. The molecule has 0 saturated carbocycles. The molecular weight excluding hydrogens is 474 g/mol. The minimum atomic E-state index is -3.69. The predicted molar refractivity (Wildman–Crippen MR) is 131 cm³/mol. The van der Waals surface area contributed by atoms with Gasteiger partial charge in [0.2, 0.25) is 10.0 Å². The van der Waals surface area contributed by atoms with Crippen LogP contribution in [0.3, 0.4) is 0 Å². The standard InChI is InChI=1S/C25H36ClN3O4S/c26-19-7-10-22(11-8-19)34(31,32)29-21-5-4-6-23(29)24(12-9-21)33-25(30)28-17-13-20(14-18-28)27-15-2-1-3-16-27/h7-8,10-11,20-21,23-24H,1-6,9,12-18H2/t21?,23?,24-/m1/s1. The largest absolute Gasteiger partial charge is 0.444 e. The van der Waals surface area contributed by atoms with Gasteiger partial charge < -0.3 is 14.5 Å². The number of hydrogen-bond donors (Lipinski definition) is 0. The quantitative estimate of drug-likeness (QED) is 0.597. The van der Waals surface area contributed by atoms with E-state index in [1.54, 1.807) is 28.6 Å². The molecule has 4 fully saturated rings. The van der Waals surface area contributed by atoms with Crippen LogP contribution in [0.1, 0.15) is 64.2 Å². The van der Waals surface area contributed by atoms with Crippen molar-refractivity contribution in [2.45, 2.75) is 93.3 Å². The molecule has 0 aromatic heterocycles. The first-order valence-corrected chi connectivity index (χ1v) is 14.7. The summed E-state index contributed by atoms with van der Waals surface area (Å²) in [5.74, 6) is 0. The van der Waals surface area contributed by atoms with E-state index in [1.165, 1.54) is 32.4 Å². The highest BCUT2D eigenvalue weighted by molar-refractivity contribution is 7.89. The molecule has 3 atom stereocenters. The van der Waals surface area contributed by atoms with Gasteiger partial charge in [-0.25, -0.2) is 13.2 Å². The molecule has 1 amide bonds. The van der Waals surface area contributed by atoms with E-state index in [0.29, 0.717) is 24.2 Å². The molecule has 0 radical (unpaired) electrons. The molecule has 0 N–H and O–H groups in total. The van der Waals surface area contributed by atoms with Gasteiger partial charge in [0.15, 0.2) is 0 Å². The third-order valence-corrected chi connectivity index (χ3v) is 10.5. The number of benzene rings is 1. The van der Waals surface area contributed by atoms with E-state index in [1.807, 2.05) is 4.90 Å². The maximum atomic E-state index is 13.6. The highest BCUT2D eigenvalue weighted by Gasteiger charge is 2.48. The fourth-order valence-electron chi connectivity index (χ4n) is 6.40. The average molecular weight is 510 g/mol. The zero-order chi connectivity index (χ0) is 23.7. The SMILES string of the molecule is O=C(O[C@@H]1CCC2CCCC1N2S(=O)(=O)c1ccc(Cl)cc1)N1CCC(N2CCCCC2)CC1. The number of fused-ring (bicyclic) bond motifs is 2. The summed E-state index contributed by atoms with van der Waals surface area (Å²) in [4.78, 5) is 17.8. The summed E-state index contributed by atoms with van der Waals surface area (Å²) in [6, 6.07) is 6.58. The van der Waals surface area contributed by atoms with Crippen LogP contribution < -0.4 is 0 Å². The fraction of sp³-hybridized carbons (Fsp3) is 0.720. The Labute approximate surface area is 208 Å². The Morgan fingerprint density at radius 1 is 0.824 bits per heavy atom. The van der Waals surface area contributed by atoms with Crippen LogP contribution in [0, 0.1) is 0 Å². The second-order valence-electron chi connectivity index (χ2n) is 10.3. The van der Waals surface area contributed by atoms with Crippen molar-refractivity contribution < 1.29 is 17.9 Å². The lowest BCUT2D eigenvalue weighted by molar-refractivity contribution is -0.0290. The molecule has 9 heteroatoms. The summed E-state index contributed by atoms with van der Waals surface area (Å²) in [5, 5.41) is 0.508. The Morgan fingerprint density at radius 2 is 1.53 bits per heavy atom. The van der Waals surface area contributed by atoms with E-state index in [2.05, 4.69) is 4.90 Å². The highest BCUT2D eigenvalue weighted by atomic mass is 35.5. The van der Waals surface area contributed by atoms with Crippen LogP contribution >= 0.6 is 11.6 Å². The van der Waals surface area contributed by atoms with Gasteiger partial charge in [-0.15, -0.1) is 0 Å². The van der Waals surface area contributed by atoms with Gasteiger partial charge in [0, 0.05) is 30.2 Å². The van der Waals surface area contributed by atoms with Crippen molar-refractivity contribution in [1.82, 2.24) is 14.1 Å². The summed E-state index contributed by atoms with van der Waals surface area (Å²) in [6.45, 7) is 3.79. The zero-order valence-electron chi connectivity index (χ0n) is 19.8. The lowest BCUT2D eigenvalue weighted by atomic mass is 9.85. The predicted octanol–water partition coefficient (Wildman–Crippen LogP) is 4.50. The molecule has 5 rings (SSSR count). The van der Waals surface area contributed by atoms with Crippen molar-refractivity contribution in [1.29, 1.82) is 0 Å². The lowest BCUT2D eigenvalue weighted by Gasteiger charge is -2.48. The molecule has 188 valence electrons. The Kier molecular flexibility index (Phi) is 7.40. The second kappa shape index (κ2) is 10.3. The first-order chi connectivity index (χ1) is 16.4. The Bertz CT molecular complexity index is 959. The van der Waals surface area contributed by atoms with Crippen molar-refractivity contribution in [3.05, 3.63) is 29.3 Å². The van der Waals surface area contributed by atoms with E-state index in [9.17, 15) is 13.2 Å². The number of hydrogen-bond acceptors (Lipinski definition) is 5. The van der Waals surface area contributed by atoms with Gasteiger partial charge in [0.25, 0.3) is 0 Å². The maximum Gasteiger partial charge on any atom is 0.410 e. The first-order valence-electron chi connectivity index (χ1n) is 12.9. The summed E-state index contributed by atoms with van der Waals surface area (Å²) < 4.78 is 34.8. The molecule has 2 unspecified atom stereocenters. The van der Waals surface area contributed by atoms with Crippen LogP contribution in [-0.4, -0.2) is 79.0 Å². The number of sulfonamides is 1. The van der Waals surface area contributed by atoms with Gasteiger partial charge in [-0.1, -0.05) is 24.4 Å². The van der Waals surface area contributed by atoms with Gasteiger partial charge in [-0.3, -0.25) is 0 Å². The van der Waals surface area contributed by atoms with Gasteiger partial charge in [0.05, 0.1) is 10.9 Å². The summed E-state index contributed by atoms with van der Waals surface area (Å²) >= 11 is 5.98. The van der Waals surface area contributed by atoms with Crippen LogP contribution in [-0.2, 0) is 14.8 Å². The fourth-order valence-corrected chi connectivity index (χ4v) is 8.45. The van der Waals surface area contributed by atoms with Crippen molar-refractivity contribution in [3.63, 3.8) is 0 Å². The average Bonchev–Trinajstić information content (AvgIpc) is 2.86. The smallest absolute Gasteiger partial charge is 0.410 e. The third-order valence-electron chi connectivity index (χ3n) is 8.21. The summed E-state index contributed by atoms with van der Waals surface area (Å²) in [5.41, 5.74) is 0. The zero-order valence-corrected chi connectivity index (χ0v) is 21.4. The summed E-state index contributed by atoms with van der Waals surface area (Å²) in [6.07, 6.45) is 9.16. The highest BCUT2D eigenvalue weighted by Crippen LogP contribution is 2.39. The van der Waals surface area contributed by atoms with Crippen molar-refractivity contribution in [2.75, 3.05) is 26.2 Å². The summed E-state index contributed by atoms with van der Waals surface area (Å²) in [7, 11) is -3.69. The van der Waals surface area contributed by atoms with E-state index >= 15 is 0 Å². The van der Waals surface area contributed by atoms with Gasteiger partial charge in [-0.2, -0.15) is 4.31 Å². The number of piperidine rings is 4. The first kappa shape index (κ1) is 24.3. The van der Waals surface area contributed by atoms with E-state index in [-0.39, 0.29) is 23.1 Å². The van der Waals surface area contributed by atoms with Crippen molar-refractivity contribution in [3.8, 4) is 0 Å². The van der Waals surface area contributed by atoms with E-state index < -0.39 is 16.1 Å². The molecule has 0 aliphatic carbocycles.